The number of pyridine rings is 1. The Labute approximate surface area is 142 Å². The van der Waals surface area contributed by atoms with Crippen LogP contribution in [0.15, 0.2) is 36.4 Å². The first kappa shape index (κ1) is 15.8. The lowest BCUT2D eigenvalue weighted by Gasteiger charge is -2.16. The standard InChI is InChI=1S/C18H15F3N4/c1-10-22-16(24-12-7-8-12)15-13(18(19,20)21)9-14(25-17(15)23-10)11-5-3-2-4-6-11/h2-6,9,12H,7-8H2,1H3,(H,22,23,24,25). The minimum atomic E-state index is -4.52. The van der Waals surface area contributed by atoms with Crippen LogP contribution < -0.4 is 5.32 Å². The summed E-state index contributed by atoms with van der Waals surface area (Å²) in [5.41, 5.74) is 0.155. The Morgan fingerprint density at radius 1 is 1.04 bits per heavy atom. The Morgan fingerprint density at radius 2 is 1.76 bits per heavy atom. The van der Waals surface area contributed by atoms with Crippen LogP contribution in [0.3, 0.4) is 0 Å². The Bertz CT molecular complexity index is 934. The molecule has 2 heterocycles. The van der Waals surface area contributed by atoms with Crippen molar-refractivity contribution in [1.82, 2.24) is 15.0 Å². The van der Waals surface area contributed by atoms with Crippen molar-refractivity contribution < 1.29 is 13.2 Å². The van der Waals surface area contributed by atoms with Crippen molar-refractivity contribution in [1.29, 1.82) is 0 Å². The largest absolute Gasteiger partial charge is 0.417 e. The molecule has 3 aromatic rings. The van der Waals surface area contributed by atoms with E-state index in [2.05, 4.69) is 20.3 Å². The zero-order valence-corrected chi connectivity index (χ0v) is 13.4. The first-order chi connectivity index (χ1) is 11.9. The van der Waals surface area contributed by atoms with Gasteiger partial charge in [0.1, 0.15) is 11.6 Å². The number of benzene rings is 1. The number of aromatic nitrogens is 3. The summed E-state index contributed by atoms with van der Waals surface area (Å²) in [6.07, 6.45) is -2.66. The maximum atomic E-state index is 13.7. The third-order valence-corrected chi connectivity index (χ3v) is 4.07. The normalized spacial score (nSPS) is 14.7. The zero-order valence-electron chi connectivity index (χ0n) is 13.4. The third-order valence-electron chi connectivity index (χ3n) is 4.07. The van der Waals surface area contributed by atoms with Gasteiger partial charge in [0, 0.05) is 11.6 Å². The number of rotatable bonds is 3. The van der Waals surface area contributed by atoms with E-state index in [0.717, 1.165) is 18.9 Å². The molecule has 128 valence electrons. The Balaban J connectivity index is 2.00. The van der Waals surface area contributed by atoms with Crippen LogP contribution in [0.25, 0.3) is 22.3 Å². The summed E-state index contributed by atoms with van der Waals surface area (Å²) >= 11 is 0. The molecule has 4 nitrogen and oxygen atoms in total. The quantitative estimate of drug-likeness (QED) is 0.755. The highest BCUT2D eigenvalue weighted by Gasteiger charge is 2.36. The minimum absolute atomic E-state index is 0.0596. The van der Waals surface area contributed by atoms with E-state index in [1.165, 1.54) is 0 Å². The average Bonchev–Trinajstić information content (AvgIpc) is 3.37. The summed E-state index contributed by atoms with van der Waals surface area (Å²) < 4.78 is 41.2. The Hall–Kier alpha value is -2.70. The predicted octanol–water partition coefficient (Wildman–Crippen LogP) is 4.59. The van der Waals surface area contributed by atoms with E-state index in [1.807, 2.05) is 0 Å². The van der Waals surface area contributed by atoms with E-state index in [4.69, 9.17) is 0 Å². The highest BCUT2D eigenvalue weighted by Crippen LogP contribution is 2.39. The first-order valence-electron chi connectivity index (χ1n) is 8.00. The van der Waals surface area contributed by atoms with E-state index in [-0.39, 0.29) is 28.6 Å². The Morgan fingerprint density at radius 3 is 2.40 bits per heavy atom. The molecule has 7 heteroatoms. The molecular weight excluding hydrogens is 329 g/mol. The molecule has 1 aliphatic carbocycles. The number of nitrogens with one attached hydrogen (secondary N) is 1. The van der Waals surface area contributed by atoms with Crippen molar-refractivity contribution >= 4 is 16.9 Å². The van der Waals surface area contributed by atoms with Gasteiger partial charge in [-0.15, -0.1) is 0 Å². The van der Waals surface area contributed by atoms with Crippen molar-refractivity contribution in [3.8, 4) is 11.3 Å². The van der Waals surface area contributed by atoms with Crippen LogP contribution in [0.4, 0.5) is 19.0 Å². The summed E-state index contributed by atoms with van der Waals surface area (Å²) in [5, 5.41) is 3.02. The molecule has 0 saturated heterocycles. The first-order valence-corrected chi connectivity index (χ1v) is 8.00. The van der Waals surface area contributed by atoms with Gasteiger partial charge in [-0.05, 0) is 25.8 Å². The molecule has 0 atom stereocenters. The van der Waals surface area contributed by atoms with Gasteiger partial charge in [-0.25, -0.2) is 15.0 Å². The van der Waals surface area contributed by atoms with Gasteiger partial charge in [0.15, 0.2) is 5.65 Å². The molecule has 1 saturated carbocycles. The predicted molar refractivity (Wildman–Crippen MR) is 89.2 cm³/mol. The maximum Gasteiger partial charge on any atom is 0.417 e. The number of aryl methyl sites for hydroxylation is 1. The summed E-state index contributed by atoms with van der Waals surface area (Å²) in [7, 11) is 0. The van der Waals surface area contributed by atoms with Gasteiger partial charge in [0.2, 0.25) is 0 Å². The number of hydrogen-bond acceptors (Lipinski definition) is 4. The molecule has 1 aliphatic rings. The van der Waals surface area contributed by atoms with Crippen LogP contribution in [0, 0.1) is 6.92 Å². The van der Waals surface area contributed by atoms with Gasteiger partial charge in [0.25, 0.3) is 0 Å². The summed E-state index contributed by atoms with van der Waals surface area (Å²) in [6, 6.07) is 10.0. The van der Waals surface area contributed by atoms with E-state index in [0.29, 0.717) is 11.4 Å². The van der Waals surface area contributed by atoms with Crippen molar-refractivity contribution in [3.63, 3.8) is 0 Å². The zero-order chi connectivity index (χ0) is 17.6. The number of halogens is 3. The van der Waals surface area contributed by atoms with Gasteiger partial charge in [0.05, 0.1) is 16.6 Å². The second-order valence-electron chi connectivity index (χ2n) is 6.16. The molecule has 0 bridgehead atoms. The van der Waals surface area contributed by atoms with E-state index in [1.54, 1.807) is 37.3 Å². The van der Waals surface area contributed by atoms with E-state index in [9.17, 15) is 13.2 Å². The van der Waals surface area contributed by atoms with Crippen LogP contribution in [0.1, 0.15) is 24.2 Å². The maximum absolute atomic E-state index is 13.7. The average molecular weight is 344 g/mol. The van der Waals surface area contributed by atoms with Crippen LogP contribution in [0.2, 0.25) is 0 Å². The smallest absolute Gasteiger partial charge is 0.367 e. The summed E-state index contributed by atoms with van der Waals surface area (Å²) in [6.45, 7) is 1.65. The second-order valence-corrected chi connectivity index (χ2v) is 6.16. The van der Waals surface area contributed by atoms with Gasteiger partial charge < -0.3 is 5.32 Å². The number of fused-ring (bicyclic) bond motifs is 1. The molecule has 0 unspecified atom stereocenters. The van der Waals surface area contributed by atoms with Gasteiger partial charge >= 0.3 is 6.18 Å². The van der Waals surface area contributed by atoms with Gasteiger partial charge in [-0.2, -0.15) is 13.2 Å². The van der Waals surface area contributed by atoms with Crippen LogP contribution >= 0.6 is 0 Å². The van der Waals surface area contributed by atoms with E-state index >= 15 is 0 Å². The lowest BCUT2D eigenvalue weighted by Crippen LogP contribution is -2.13. The van der Waals surface area contributed by atoms with Crippen molar-refractivity contribution in [3.05, 3.63) is 47.8 Å². The van der Waals surface area contributed by atoms with E-state index < -0.39 is 11.7 Å². The fourth-order valence-electron chi connectivity index (χ4n) is 2.75. The molecule has 1 aromatic carbocycles. The second kappa shape index (κ2) is 5.68. The van der Waals surface area contributed by atoms with Crippen LogP contribution in [-0.4, -0.2) is 21.0 Å². The highest BCUT2D eigenvalue weighted by molar-refractivity contribution is 5.92. The fourth-order valence-corrected chi connectivity index (χ4v) is 2.75. The summed E-state index contributed by atoms with van der Waals surface area (Å²) in [5.74, 6) is 0.603. The molecule has 4 rings (SSSR count). The van der Waals surface area contributed by atoms with Crippen LogP contribution in [-0.2, 0) is 6.18 Å². The monoisotopic (exact) mass is 344 g/mol. The lowest BCUT2D eigenvalue weighted by atomic mass is 10.1. The highest BCUT2D eigenvalue weighted by atomic mass is 19.4. The molecule has 0 aliphatic heterocycles. The lowest BCUT2D eigenvalue weighted by molar-refractivity contribution is -0.136. The van der Waals surface area contributed by atoms with Crippen molar-refractivity contribution in [2.45, 2.75) is 32.0 Å². The fraction of sp³-hybridized carbons (Fsp3) is 0.278. The van der Waals surface area contributed by atoms with Crippen LogP contribution in [0.5, 0.6) is 0 Å². The van der Waals surface area contributed by atoms with Gasteiger partial charge in [-0.3, -0.25) is 0 Å². The molecule has 1 N–H and O–H groups in total. The number of anilines is 1. The minimum Gasteiger partial charge on any atom is -0.367 e. The molecule has 25 heavy (non-hydrogen) atoms. The number of hydrogen-bond donors (Lipinski definition) is 1. The van der Waals surface area contributed by atoms with Crippen molar-refractivity contribution in [2.75, 3.05) is 5.32 Å². The molecule has 0 radical (unpaired) electrons. The summed E-state index contributed by atoms with van der Waals surface area (Å²) in [4.78, 5) is 12.7. The topological polar surface area (TPSA) is 50.7 Å². The van der Waals surface area contributed by atoms with Crippen molar-refractivity contribution in [2.24, 2.45) is 0 Å². The Kier molecular flexibility index (Phi) is 3.59. The number of nitrogens with zero attached hydrogens (tertiary/aromatic N) is 3. The number of alkyl halides is 3. The molecular formula is C18H15F3N4. The molecule has 2 aromatic heterocycles. The third kappa shape index (κ3) is 3.14. The molecule has 0 amide bonds. The van der Waals surface area contributed by atoms with Gasteiger partial charge in [-0.1, -0.05) is 30.3 Å². The molecule has 1 fully saturated rings. The molecule has 0 spiro atoms. The SMILES string of the molecule is Cc1nc(NC2CC2)c2c(C(F)(F)F)cc(-c3ccccc3)nc2n1.